The minimum Gasteiger partial charge on any atom is -0.483 e. The van der Waals surface area contributed by atoms with E-state index in [0.29, 0.717) is 11.5 Å². The maximum atomic E-state index is 11.3. The van der Waals surface area contributed by atoms with Gasteiger partial charge >= 0.3 is 6.09 Å². The van der Waals surface area contributed by atoms with Crippen molar-refractivity contribution in [2.45, 2.75) is 32.8 Å². The van der Waals surface area contributed by atoms with Gasteiger partial charge in [0.15, 0.2) is 11.5 Å². The summed E-state index contributed by atoms with van der Waals surface area (Å²) >= 11 is 0. The Kier molecular flexibility index (Phi) is 2.73. The Morgan fingerprint density at radius 3 is 2.82 bits per heavy atom. The molecule has 1 heterocycles. The van der Waals surface area contributed by atoms with Crippen LogP contribution in [0.25, 0.3) is 0 Å². The Morgan fingerprint density at radius 2 is 2.18 bits per heavy atom. The molecule has 92 valence electrons. The molecule has 4 heteroatoms. The van der Waals surface area contributed by atoms with E-state index >= 15 is 0 Å². The number of fused-ring (bicyclic) bond motifs is 1. The minimum atomic E-state index is -0.480. The number of hydrogen-bond acceptors (Lipinski definition) is 3. The summed E-state index contributed by atoms with van der Waals surface area (Å²) in [4.78, 5) is 11.3. The summed E-state index contributed by atoms with van der Waals surface area (Å²) < 4.78 is 11.0. The van der Waals surface area contributed by atoms with Gasteiger partial charge in [0.1, 0.15) is 5.60 Å². The fourth-order valence-electron chi connectivity index (χ4n) is 2.06. The number of carbonyl (C=O) groups is 1. The van der Waals surface area contributed by atoms with E-state index in [1.54, 1.807) is 0 Å². The third kappa shape index (κ3) is 2.35. The van der Waals surface area contributed by atoms with Crippen LogP contribution in [0.5, 0.6) is 11.5 Å². The van der Waals surface area contributed by atoms with Gasteiger partial charge in [0.25, 0.3) is 0 Å². The Hall–Kier alpha value is -1.71. The third-order valence-corrected chi connectivity index (χ3v) is 2.68. The lowest BCUT2D eigenvalue weighted by Crippen LogP contribution is -2.25. The zero-order chi connectivity index (χ0) is 12.6. The van der Waals surface area contributed by atoms with Crippen molar-refractivity contribution >= 4 is 6.09 Å². The standard InChI is InChI=1S/C13H17NO3/c1-8-5-9-7-13(2,3)17-11(9)10(6-8)16-12(15)14-4/h5-6H,7H2,1-4H3,(H,14,15). The molecule has 1 N–H and O–H groups in total. The second-order valence-electron chi connectivity index (χ2n) is 4.93. The number of rotatable bonds is 1. The van der Waals surface area contributed by atoms with Gasteiger partial charge in [-0.1, -0.05) is 6.07 Å². The highest BCUT2D eigenvalue weighted by atomic mass is 16.6. The number of ether oxygens (including phenoxy) is 2. The predicted molar refractivity (Wildman–Crippen MR) is 64.7 cm³/mol. The monoisotopic (exact) mass is 235 g/mol. The van der Waals surface area contributed by atoms with Gasteiger partial charge in [-0.3, -0.25) is 0 Å². The number of hydrogen-bond donors (Lipinski definition) is 1. The number of carbonyl (C=O) groups excluding carboxylic acids is 1. The van der Waals surface area contributed by atoms with E-state index in [1.807, 2.05) is 26.8 Å². The second kappa shape index (κ2) is 3.95. The van der Waals surface area contributed by atoms with Crippen molar-refractivity contribution in [2.24, 2.45) is 0 Å². The molecule has 1 aromatic rings. The normalized spacial score (nSPS) is 16.0. The number of amides is 1. The maximum absolute atomic E-state index is 11.3. The third-order valence-electron chi connectivity index (χ3n) is 2.68. The van der Waals surface area contributed by atoms with Crippen LogP contribution in [0.2, 0.25) is 0 Å². The summed E-state index contributed by atoms with van der Waals surface area (Å²) in [5.74, 6) is 1.18. The van der Waals surface area contributed by atoms with Gasteiger partial charge in [0.05, 0.1) is 0 Å². The Bertz CT molecular complexity index is 466. The zero-order valence-electron chi connectivity index (χ0n) is 10.6. The molecule has 2 rings (SSSR count). The van der Waals surface area contributed by atoms with E-state index in [0.717, 1.165) is 17.5 Å². The van der Waals surface area contributed by atoms with E-state index in [1.165, 1.54) is 7.05 Å². The Morgan fingerprint density at radius 1 is 1.47 bits per heavy atom. The maximum Gasteiger partial charge on any atom is 0.412 e. The van der Waals surface area contributed by atoms with Crippen molar-refractivity contribution in [2.75, 3.05) is 7.05 Å². The highest BCUT2D eigenvalue weighted by Gasteiger charge is 2.33. The molecule has 4 nitrogen and oxygen atoms in total. The summed E-state index contributed by atoms with van der Waals surface area (Å²) in [5, 5.41) is 2.43. The van der Waals surface area contributed by atoms with Gasteiger partial charge in [-0.05, 0) is 32.4 Å². The molecule has 0 atom stereocenters. The molecule has 1 aromatic carbocycles. The van der Waals surface area contributed by atoms with Gasteiger partial charge in [-0.15, -0.1) is 0 Å². The smallest absolute Gasteiger partial charge is 0.412 e. The first-order valence-corrected chi connectivity index (χ1v) is 5.63. The second-order valence-corrected chi connectivity index (χ2v) is 4.93. The van der Waals surface area contributed by atoms with Crippen LogP contribution < -0.4 is 14.8 Å². The quantitative estimate of drug-likeness (QED) is 0.813. The van der Waals surface area contributed by atoms with E-state index < -0.39 is 6.09 Å². The average molecular weight is 235 g/mol. The van der Waals surface area contributed by atoms with E-state index in [-0.39, 0.29) is 5.60 Å². The topological polar surface area (TPSA) is 47.6 Å². The van der Waals surface area contributed by atoms with E-state index in [2.05, 4.69) is 11.4 Å². The van der Waals surface area contributed by atoms with Crippen molar-refractivity contribution in [3.63, 3.8) is 0 Å². The zero-order valence-corrected chi connectivity index (χ0v) is 10.6. The first-order chi connectivity index (χ1) is 7.91. The summed E-state index contributed by atoms with van der Waals surface area (Å²) in [6, 6.07) is 3.89. The Balaban J connectivity index is 2.38. The fraction of sp³-hybridized carbons (Fsp3) is 0.462. The van der Waals surface area contributed by atoms with E-state index in [4.69, 9.17) is 9.47 Å². The van der Waals surface area contributed by atoms with E-state index in [9.17, 15) is 4.79 Å². The van der Waals surface area contributed by atoms with Crippen LogP contribution in [0, 0.1) is 6.92 Å². The molecule has 0 bridgehead atoms. The highest BCUT2D eigenvalue weighted by molar-refractivity contribution is 5.71. The lowest BCUT2D eigenvalue weighted by molar-refractivity contribution is 0.133. The minimum absolute atomic E-state index is 0.239. The first-order valence-electron chi connectivity index (χ1n) is 5.63. The van der Waals surface area contributed by atoms with Gasteiger partial charge in [0, 0.05) is 19.0 Å². The largest absolute Gasteiger partial charge is 0.483 e. The molecule has 1 aliphatic rings. The van der Waals surface area contributed by atoms with Crippen LogP contribution in [-0.4, -0.2) is 18.7 Å². The summed E-state index contributed by atoms with van der Waals surface area (Å²) in [7, 11) is 1.53. The van der Waals surface area contributed by atoms with Crippen molar-refractivity contribution in [3.8, 4) is 11.5 Å². The SMILES string of the molecule is CNC(=O)Oc1cc(C)cc2c1OC(C)(C)C2. The first kappa shape index (κ1) is 11.8. The van der Waals surface area contributed by atoms with Crippen molar-refractivity contribution in [3.05, 3.63) is 23.3 Å². The van der Waals surface area contributed by atoms with Gasteiger partial charge < -0.3 is 14.8 Å². The average Bonchev–Trinajstić information content (AvgIpc) is 2.52. The summed E-state index contributed by atoms with van der Waals surface area (Å²) in [6.07, 6.45) is 0.347. The van der Waals surface area contributed by atoms with Crippen LogP contribution in [0.4, 0.5) is 4.79 Å². The molecule has 0 aromatic heterocycles. The molecular formula is C13H17NO3. The van der Waals surface area contributed by atoms with Crippen molar-refractivity contribution in [1.82, 2.24) is 5.32 Å². The van der Waals surface area contributed by atoms with Crippen LogP contribution in [0.3, 0.4) is 0 Å². The molecule has 0 radical (unpaired) electrons. The summed E-state index contributed by atoms with van der Waals surface area (Å²) in [6.45, 7) is 6.01. The molecule has 0 saturated carbocycles. The Labute approximate surface area is 101 Å². The van der Waals surface area contributed by atoms with Gasteiger partial charge in [-0.2, -0.15) is 0 Å². The molecule has 0 fully saturated rings. The predicted octanol–water partition coefficient (Wildman–Crippen LogP) is 2.43. The summed E-state index contributed by atoms with van der Waals surface area (Å²) in [5.41, 5.74) is 1.91. The molecular weight excluding hydrogens is 218 g/mol. The molecule has 0 saturated heterocycles. The van der Waals surface area contributed by atoms with Gasteiger partial charge in [0.2, 0.25) is 0 Å². The fourth-order valence-corrected chi connectivity index (χ4v) is 2.06. The lowest BCUT2D eigenvalue weighted by atomic mass is 10.0. The number of aryl methyl sites for hydroxylation is 1. The van der Waals surface area contributed by atoms with Crippen molar-refractivity contribution in [1.29, 1.82) is 0 Å². The van der Waals surface area contributed by atoms with Crippen LogP contribution in [-0.2, 0) is 6.42 Å². The number of nitrogens with one attached hydrogen (secondary N) is 1. The van der Waals surface area contributed by atoms with Crippen LogP contribution >= 0.6 is 0 Å². The molecule has 17 heavy (non-hydrogen) atoms. The lowest BCUT2D eigenvalue weighted by Gasteiger charge is -2.17. The van der Waals surface area contributed by atoms with Gasteiger partial charge in [-0.25, -0.2) is 4.79 Å². The van der Waals surface area contributed by atoms with Crippen LogP contribution in [0.1, 0.15) is 25.0 Å². The number of benzene rings is 1. The highest BCUT2D eigenvalue weighted by Crippen LogP contribution is 2.42. The molecule has 0 unspecified atom stereocenters. The molecule has 0 spiro atoms. The van der Waals surface area contributed by atoms with Crippen LogP contribution in [0.15, 0.2) is 12.1 Å². The van der Waals surface area contributed by atoms with Crippen molar-refractivity contribution < 1.29 is 14.3 Å². The molecule has 0 aliphatic carbocycles. The molecule has 1 amide bonds. The molecule has 1 aliphatic heterocycles.